The number of rotatable bonds is 14. The van der Waals surface area contributed by atoms with Gasteiger partial charge in [0, 0.05) is 48.7 Å². The van der Waals surface area contributed by atoms with Gasteiger partial charge in [0.2, 0.25) is 5.91 Å². The second kappa shape index (κ2) is 16.5. The molecule has 7 nitrogen and oxygen atoms in total. The van der Waals surface area contributed by atoms with E-state index >= 15 is 0 Å². The number of hydrogen-bond donors (Lipinski definition) is 4. The minimum atomic E-state index is -0.0481. The first kappa shape index (κ1) is 34.0. The molecule has 2 amide bonds. The van der Waals surface area contributed by atoms with Crippen LogP contribution in [0, 0.1) is 11.8 Å². The zero-order chi connectivity index (χ0) is 34.0. The van der Waals surface area contributed by atoms with Crippen molar-refractivity contribution in [1.82, 2.24) is 15.2 Å². The standard InChI is InChI=1S/C42H48N4O3/c43-24-22-30-12-14-32(15-13-30)27-45-42(49)39-10-2-1-8-37(39)34-7-5-6-33(26-34)29-46(25-23-31-16-19-36(47)20-17-31)41(48)21-18-35-28-44-40-11-4-3-9-38(35)40/h1-11,16-17,19-20,26,28,30,32,44,47H,12-15,18,21-25,27,29,43H2,(H,45,49). The van der Waals surface area contributed by atoms with Gasteiger partial charge in [-0.15, -0.1) is 0 Å². The quantitative estimate of drug-likeness (QED) is 0.0985. The Morgan fingerprint density at radius 3 is 2.41 bits per heavy atom. The van der Waals surface area contributed by atoms with E-state index in [1.807, 2.05) is 77.8 Å². The third-order valence-corrected chi connectivity index (χ3v) is 10.1. The summed E-state index contributed by atoms with van der Waals surface area (Å²) in [7, 11) is 0. The Hall–Kier alpha value is -4.88. The number of carbonyl (C=O) groups is 2. The van der Waals surface area contributed by atoms with Crippen LogP contribution in [0.25, 0.3) is 22.0 Å². The van der Waals surface area contributed by atoms with E-state index in [2.05, 4.69) is 28.5 Å². The van der Waals surface area contributed by atoms with Crippen LogP contribution in [-0.2, 0) is 24.2 Å². The summed E-state index contributed by atoms with van der Waals surface area (Å²) in [5.41, 5.74) is 12.5. The lowest BCUT2D eigenvalue weighted by molar-refractivity contribution is -0.131. The molecule has 5 N–H and O–H groups in total. The summed E-state index contributed by atoms with van der Waals surface area (Å²) in [5.74, 6) is 1.50. The number of aromatic hydroxyl groups is 1. The Morgan fingerprint density at radius 2 is 1.59 bits per heavy atom. The van der Waals surface area contributed by atoms with E-state index in [1.54, 1.807) is 12.1 Å². The van der Waals surface area contributed by atoms with E-state index in [0.29, 0.717) is 50.4 Å². The van der Waals surface area contributed by atoms with Gasteiger partial charge < -0.3 is 26.0 Å². The zero-order valence-electron chi connectivity index (χ0n) is 28.2. The molecule has 0 saturated heterocycles. The summed E-state index contributed by atoms with van der Waals surface area (Å²) in [6, 6.07) is 31.3. The van der Waals surface area contributed by atoms with Gasteiger partial charge in [0.05, 0.1) is 0 Å². The summed E-state index contributed by atoms with van der Waals surface area (Å²) in [4.78, 5) is 32.6. The Kier molecular flexibility index (Phi) is 11.4. The number of phenols is 1. The van der Waals surface area contributed by atoms with Crippen molar-refractivity contribution in [2.45, 2.75) is 57.9 Å². The van der Waals surface area contributed by atoms with Gasteiger partial charge in [-0.25, -0.2) is 0 Å². The predicted octanol–water partition coefficient (Wildman–Crippen LogP) is 7.63. The maximum atomic E-state index is 13.8. The van der Waals surface area contributed by atoms with Crippen LogP contribution in [0.15, 0.2) is 103 Å². The normalized spacial score (nSPS) is 16.0. The number of nitrogens with two attached hydrogens (primary N) is 1. The monoisotopic (exact) mass is 656 g/mol. The molecule has 0 atom stereocenters. The van der Waals surface area contributed by atoms with Crippen LogP contribution >= 0.6 is 0 Å². The number of carbonyl (C=O) groups excluding carboxylic acids is 2. The molecule has 0 spiro atoms. The van der Waals surface area contributed by atoms with E-state index < -0.39 is 0 Å². The van der Waals surface area contributed by atoms with Crippen molar-refractivity contribution in [3.05, 3.63) is 126 Å². The van der Waals surface area contributed by atoms with Gasteiger partial charge in [-0.2, -0.15) is 0 Å². The van der Waals surface area contributed by atoms with E-state index in [-0.39, 0.29) is 17.6 Å². The highest BCUT2D eigenvalue weighted by atomic mass is 16.3. The zero-order valence-corrected chi connectivity index (χ0v) is 28.2. The van der Waals surface area contributed by atoms with Crippen molar-refractivity contribution in [1.29, 1.82) is 0 Å². The minimum Gasteiger partial charge on any atom is -0.508 e. The number of aromatic nitrogens is 1. The molecule has 1 heterocycles. The van der Waals surface area contributed by atoms with Crippen molar-refractivity contribution < 1.29 is 14.7 Å². The van der Waals surface area contributed by atoms with Crippen LogP contribution in [0.2, 0.25) is 0 Å². The van der Waals surface area contributed by atoms with Crippen LogP contribution < -0.4 is 11.1 Å². The van der Waals surface area contributed by atoms with E-state index in [0.717, 1.165) is 70.4 Å². The molecule has 0 bridgehead atoms. The molecule has 0 aliphatic heterocycles. The number of H-pyrrole nitrogens is 1. The summed E-state index contributed by atoms with van der Waals surface area (Å²) >= 11 is 0. The van der Waals surface area contributed by atoms with E-state index in [9.17, 15) is 14.7 Å². The lowest BCUT2D eigenvalue weighted by atomic mass is 9.80. The molecule has 7 heteroatoms. The molecule has 1 fully saturated rings. The number of benzene rings is 4. The molecular weight excluding hydrogens is 608 g/mol. The van der Waals surface area contributed by atoms with Gasteiger partial charge in [0.1, 0.15) is 5.75 Å². The Bertz CT molecular complexity index is 1840. The number of aromatic amines is 1. The van der Waals surface area contributed by atoms with Crippen LogP contribution in [0.3, 0.4) is 0 Å². The smallest absolute Gasteiger partial charge is 0.251 e. The van der Waals surface area contributed by atoms with Gasteiger partial charge in [0.25, 0.3) is 5.91 Å². The van der Waals surface area contributed by atoms with Crippen LogP contribution in [0.5, 0.6) is 5.75 Å². The minimum absolute atomic E-state index is 0.0481. The van der Waals surface area contributed by atoms with Gasteiger partial charge >= 0.3 is 0 Å². The summed E-state index contributed by atoms with van der Waals surface area (Å²) in [6.07, 6.45) is 9.49. The van der Waals surface area contributed by atoms with Crippen molar-refractivity contribution in [3.8, 4) is 16.9 Å². The molecule has 254 valence electrons. The van der Waals surface area contributed by atoms with Crippen molar-refractivity contribution in [2.75, 3.05) is 19.6 Å². The molecule has 1 aromatic heterocycles. The van der Waals surface area contributed by atoms with Gasteiger partial charge in [-0.1, -0.05) is 79.6 Å². The molecule has 4 aromatic carbocycles. The summed E-state index contributed by atoms with van der Waals surface area (Å²) in [6.45, 7) is 2.46. The average Bonchev–Trinajstić information content (AvgIpc) is 3.56. The lowest BCUT2D eigenvalue weighted by Gasteiger charge is -2.28. The number of aryl methyl sites for hydroxylation is 1. The largest absolute Gasteiger partial charge is 0.508 e. The van der Waals surface area contributed by atoms with Crippen molar-refractivity contribution in [3.63, 3.8) is 0 Å². The molecular formula is C42H48N4O3. The second-order valence-electron chi connectivity index (χ2n) is 13.5. The third kappa shape index (κ3) is 8.98. The fourth-order valence-corrected chi connectivity index (χ4v) is 7.24. The maximum absolute atomic E-state index is 13.8. The Balaban J connectivity index is 1.15. The van der Waals surface area contributed by atoms with Gasteiger partial charge in [-0.05, 0) is 109 Å². The highest BCUT2D eigenvalue weighted by Gasteiger charge is 2.22. The molecule has 0 unspecified atom stereocenters. The molecule has 49 heavy (non-hydrogen) atoms. The van der Waals surface area contributed by atoms with Crippen LogP contribution in [0.1, 0.15) is 65.6 Å². The maximum Gasteiger partial charge on any atom is 0.251 e. The fraction of sp³-hybridized carbons (Fsp3) is 0.333. The number of phenolic OH excluding ortho intramolecular Hbond substituents is 1. The number of nitrogens with one attached hydrogen (secondary N) is 2. The molecule has 1 aliphatic rings. The summed E-state index contributed by atoms with van der Waals surface area (Å²) < 4.78 is 0. The highest BCUT2D eigenvalue weighted by molar-refractivity contribution is 6.01. The number of hydrogen-bond acceptors (Lipinski definition) is 4. The van der Waals surface area contributed by atoms with Crippen LogP contribution in [0.4, 0.5) is 0 Å². The number of amides is 2. The SMILES string of the molecule is NCCC1CCC(CNC(=O)c2ccccc2-c2cccc(CN(CCc3ccc(O)cc3)C(=O)CCc3c[nH]c4ccccc34)c2)CC1. The predicted molar refractivity (Wildman–Crippen MR) is 197 cm³/mol. The third-order valence-electron chi connectivity index (χ3n) is 10.1. The highest BCUT2D eigenvalue weighted by Crippen LogP contribution is 2.31. The molecule has 1 aliphatic carbocycles. The summed E-state index contributed by atoms with van der Waals surface area (Å²) in [5, 5.41) is 14.1. The topological polar surface area (TPSA) is 111 Å². The second-order valence-corrected chi connectivity index (χ2v) is 13.5. The fourth-order valence-electron chi connectivity index (χ4n) is 7.24. The van der Waals surface area contributed by atoms with E-state index in [1.165, 1.54) is 12.8 Å². The number of nitrogens with zero attached hydrogens (tertiary/aromatic N) is 1. The lowest BCUT2D eigenvalue weighted by Crippen LogP contribution is -2.32. The van der Waals surface area contributed by atoms with Gasteiger partial charge in [0.15, 0.2) is 0 Å². The first-order valence-electron chi connectivity index (χ1n) is 17.7. The molecule has 1 saturated carbocycles. The van der Waals surface area contributed by atoms with Crippen LogP contribution in [-0.4, -0.2) is 46.4 Å². The van der Waals surface area contributed by atoms with Gasteiger partial charge in [-0.3, -0.25) is 9.59 Å². The number of fused-ring (bicyclic) bond motifs is 1. The Morgan fingerprint density at radius 1 is 0.837 bits per heavy atom. The Labute approximate surface area is 289 Å². The molecule has 5 aromatic rings. The first-order valence-corrected chi connectivity index (χ1v) is 17.7. The number of para-hydroxylation sites is 1. The van der Waals surface area contributed by atoms with Crippen molar-refractivity contribution in [2.24, 2.45) is 17.6 Å². The van der Waals surface area contributed by atoms with E-state index in [4.69, 9.17) is 5.73 Å². The first-order chi connectivity index (χ1) is 24.0. The van der Waals surface area contributed by atoms with Crippen molar-refractivity contribution >= 4 is 22.7 Å². The average molecular weight is 657 g/mol. The molecule has 6 rings (SSSR count). The molecule has 0 radical (unpaired) electrons.